The van der Waals surface area contributed by atoms with Gasteiger partial charge >= 0.3 is 0 Å². The predicted octanol–water partition coefficient (Wildman–Crippen LogP) is 2.82. The number of amides is 1. The molecule has 5 nitrogen and oxygen atoms in total. The Balaban J connectivity index is 1.59. The molecule has 0 saturated heterocycles. The molecule has 1 N–H and O–H groups in total. The first-order valence-electron chi connectivity index (χ1n) is 6.71. The van der Waals surface area contributed by atoms with Gasteiger partial charge in [-0.15, -0.1) is 0 Å². The number of rotatable bonds is 5. The third-order valence-electron chi connectivity index (χ3n) is 3.46. The van der Waals surface area contributed by atoms with Gasteiger partial charge in [0.05, 0.1) is 5.54 Å². The average Bonchev–Trinajstić information content (AvgIpc) is 3.11. The van der Waals surface area contributed by atoms with Crippen molar-refractivity contribution in [2.24, 2.45) is 0 Å². The molecule has 1 amide bonds. The maximum Gasteiger partial charge on any atom is 0.258 e. The molecule has 21 heavy (non-hydrogen) atoms. The summed E-state index contributed by atoms with van der Waals surface area (Å²) in [7, 11) is 0. The van der Waals surface area contributed by atoms with Crippen LogP contribution in [0.15, 0.2) is 34.9 Å². The first-order chi connectivity index (χ1) is 10.1. The summed E-state index contributed by atoms with van der Waals surface area (Å²) in [6.45, 7) is 1.67. The highest BCUT2D eigenvalue weighted by Crippen LogP contribution is 2.45. The molecule has 0 unspecified atom stereocenters. The summed E-state index contributed by atoms with van der Waals surface area (Å²) in [4.78, 5) is 12.0. The molecule has 0 aliphatic heterocycles. The van der Waals surface area contributed by atoms with Crippen LogP contribution in [-0.2, 0) is 10.3 Å². The van der Waals surface area contributed by atoms with Crippen molar-refractivity contribution in [1.82, 2.24) is 10.5 Å². The number of hydrogen-bond donors (Lipinski definition) is 1. The van der Waals surface area contributed by atoms with Gasteiger partial charge in [0, 0.05) is 11.1 Å². The minimum Gasteiger partial charge on any atom is -0.465 e. The van der Waals surface area contributed by atoms with Gasteiger partial charge in [-0.05, 0) is 42.6 Å². The van der Waals surface area contributed by atoms with Crippen molar-refractivity contribution in [2.45, 2.75) is 25.3 Å². The van der Waals surface area contributed by atoms with Crippen molar-refractivity contribution >= 4 is 17.5 Å². The quantitative estimate of drug-likeness (QED) is 0.922. The molecule has 0 spiro atoms. The van der Waals surface area contributed by atoms with E-state index in [-0.39, 0.29) is 18.1 Å². The number of carbonyl (C=O) groups excluding carboxylic acids is 1. The Bertz CT molecular complexity index is 664. The van der Waals surface area contributed by atoms with Crippen LogP contribution in [0.4, 0.5) is 0 Å². The number of aromatic nitrogens is 1. The molecular formula is C15H15ClN2O3. The minimum absolute atomic E-state index is 0.0890. The number of nitrogens with one attached hydrogen (secondary N) is 1. The minimum atomic E-state index is -0.301. The fourth-order valence-electron chi connectivity index (χ4n) is 2.25. The van der Waals surface area contributed by atoms with Gasteiger partial charge in [0.1, 0.15) is 5.76 Å². The van der Waals surface area contributed by atoms with E-state index in [0.29, 0.717) is 16.7 Å². The molecule has 2 aromatic rings. The van der Waals surface area contributed by atoms with Crippen molar-refractivity contribution in [3.63, 3.8) is 0 Å². The SMILES string of the molecule is Cc1cc(OCC(=O)NC2(c3cccc(Cl)c3)CC2)no1. The number of ether oxygens (including phenoxy) is 1. The lowest BCUT2D eigenvalue weighted by Gasteiger charge is -2.18. The summed E-state index contributed by atoms with van der Waals surface area (Å²) in [5, 5.41) is 7.35. The van der Waals surface area contributed by atoms with E-state index in [9.17, 15) is 4.79 Å². The van der Waals surface area contributed by atoms with Crippen molar-refractivity contribution < 1.29 is 14.1 Å². The molecule has 1 aliphatic rings. The topological polar surface area (TPSA) is 64.4 Å². The molecule has 1 aromatic carbocycles. The normalized spacial score (nSPS) is 15.5. The molecule has 110 valence electrons. The van der Waals surface area contributed by atoms with E-state index >= 15 is 0 Å². The van der Waals surface area contributed by atoms with E-state index in [4.69, 9.17) is 20.9 Å². The van der Waals surface area contributed by atoms with Crippen molar-refractivity contribution in [3.8, 4) is 5.88 Å². The molecule has 3 rings (SSSR count). The number of carbonyl (C=O) groups is 1. The molecule has 1 aliphatic carbocycles. The fraction of sp³-hybridized carbons (Fsp3) is 0.333. The summed E-state index contributed by atoms with van der Waals surface area (Å²) in [5.41, 5.74) is 0.728. The Hall–Kier alpha value is -2.01. The van der Waals surface area contributed by atoms with Gasteiger partial charge in [-0.2, -0.15) is 0 Å². The van der Waals surface area contributed by atoms with Crippen LogP contribution in [0.3, 0.4) is 0 Å². The number of halogens is 1. The second-order valence-electron chi connectivity index (χ2n) is 5.21. The largest absolute Gasteiger partial charge is 0.465 e. The first-order valence-corrected chi connectivity index (χ1v) is 7.08. The first kappa shape index (κ1) is 13.9. The lowest BCUT2D eigenvalue weighted by Crippen LogP contribution is -2.38. The highest BCUT2D eigenvalue weighted by Gasteiger charge is 2.45. The molecular weight excluding hydrogens is 292 g/mol. The molecule has 0 bridgehead atoms. The highest BCUT2D eigenvalue weighted by atomic mass is 35.5. The van der Waals surface area contributed by atoms with Crippen molar-refractivity contribution in [3.05, 3.63) is 46.7 Å². The van der Waals surface area contributed by atoms with Crippen LogP contribution in [0.2, 0.25) is 5.02 Å². The zero-order valence-corrected chi connectivity index (χ0v) is 12.3. The summed E-state index contributed by atoms with van der Waals surface area (Å²) in [5.74, 6) is 0.770. The number of benzene rings is 1. The third kappa shape index (κ3) is 3.19. The maximum atomic E-state index is 12.0. The number of hydrogen-bond acceptors (Lipinski definition) is 4. The van der Waals surface area contributed by atoms with E-state index in [1.54, 1.807) is 13.0 Å². The lowest BCUT2D eigenvalue weighted by atomic mass is 10.1. The lowest BCUT2D eigenvalue weighted by molar-refractivity contribution is -0.124. The summed E-state index contributed by atoms with van der Waals surface area (Å²) >= 11 is 6.00. The van der Waals surface area contributed by atoms with Crippen LogP contribution in [0, 0.1) is 6.92 Å². The van der Waals surface area contributed by atoms with Crippen LogP contribution in [0.5, 0.6) is 5.88 Å². The van der Waals surface area contributed by atoms with Gasteiger partial charge < -0.3 is 14.6 Å². The second-order valence-corrected chi connectivity index (χ2v) is 5.64. The zero-order valence-electron chi connectivity index (χ0n) is 11.6. The maximum absolute atomic E-state index is 12.0. The van der Waals surface area contributed by atoms with Gasteiger partial charge in [0.2, 0.25) is 0 Å². The Labute approximate surface area is 127 Å². The molecule has 1 saturated carbocycles. The van der Waals surface area contributed by atoms with E-state index in [1.165, 1.54) is 0 Å². The average molecular weight is 307 g/mol. The molecule has 1 heterocycles. The Morgan fingerprint density at radius 3 is 2.90 bits per heavy atom. The summed E-state index contributed by atoms with van der Waals surface area (Å²) in [6.07, 6.45) is 1.81. The summed E-state index contributed by atoms with van der Waals surface area (Å²) in [6, 6.07) is 9.20. The highest BCUT2D eigenvalue weighted by molar-refractivity contribution is 6.30. The Morgan fingerprint density at radius 2 is 2.29 bits per heavy atom. The standard InChI is InChI=1S/C15H15ClN2O3/c1-10-7-14(18-21-10)20-9-13(19)17-15(5-6-15)11-3-2-4-12(16)8-11/h2-4,7-8H,5-6,9H2,1H3,(H,17,19). The van der Waals surface area contributed by atoms with Crippen LogP contribution in [-0.4, -0.2) is 17.7 Å². The number of nitrogens with zero attached hydrogens (tertiary/aromatic N) is 1. The van der Waals surface area contributed by atoms with Crippen LogP contribution >= 0.6 is 11.6 Å². The monoisotopic (exact) mass is 306 g/mol. The Morgan fingerprint density at radius 1 is 1.48 bits per heavy atom. The smallest absolute Gasteiger partial charge is 0.258 e. The molecule has 6 heteroatoms. The second kappa shape index (κ2) is 5.41. The van der Waals surface area contributed by atoms with E-state index in [0.717, 1.165) is 18.4 Å². The fourth-order valence-corrected chi connectivity index (χ4v) is 2.44. The third-order valence-corrected chi connectivity index (χ3v) is 3.70. The van der Waals surface area contributed by atoms with E-state index in [1.807, 2.05) is 24.3 Å². The van der Waals surface area contributed by atoms with Gasteiger partial charge in [0.25, 0.3) is 11.8 Å². The van der Waals surface area contributed by atoms with Gasteiger partial charge in [-0.25, -0.2) is 0 Å². The van der Waals surface area contributed by atoms with Crippen molar-refractivity contribution in [2.75, 3.05) is 6.61 Å². The number of aryl methyl sites for hydroxylation is 1. The summed E-state index contributed by atoms with van der Waals surface area (Å²) < 4.78 is 10.2. The van der Waals surface area contributed by atoms with Gasteiger partial charge in [-0.3, -0.25) is 4.79 Å². The molecule has 1 fully saturated rings. The van der Waals surface area contributed by atoms with E-state index < -0.39 is 0 Å². The van der Waals surface area contributed by atoms with Crippen LogP contribution < -0.4 is 10.1 Å². The van der Waals surface area contributed by atoms with E-state index in [2.05, 4.69) is 10.5 Å². The zero-order chi connectivity index (χ0) is 14.9. The molecule has 0 atom stereocenters. The Kier molecular flexibility index (Phi) is 3.59. The predicted molar refractivity (Wildman–Crippen MR) is 77.2 cm³/mol. The van der Waals surface area contributed by atoms with Gasteiger partial charge in [-0.1, -0.05) is 23.7 Å². The van der Waals surface area contributed by atoms with Gasteiger partial charge in [0.15, 0.2) is 6.61 Å². The van der Waals surface area contributed by atoms with Crippen molar-refractivity contribution in [1.29, 1.82) is 0 Å². The molecule has 1 aromatic heterocycles. The van der Waals surface area contributed by atoms with Crippen LogP contribution in [0.25, 0.3) is 0 Å². The van der Waals surface area contributed by atoms with Crippen LogP contribution in [0.1, 0.15) is 24.2 Å². The molecule has 0 radical (unpaired) electrons.